The van der Waals surface area contributed by atoms with Gasteiger partial charge in [0, 0.05) is 11.9 Å². The first-order valence-corrected chi connectivity index (χ1v) is 9.18. The molecule has 0 spiro atoms. The van der Waals surface area contributed by atoms with Gasteiger partial charge in [0.1, 0.15) is 5.52 Å². The lowest BCUT2D eigenvalue weighted by Gasteiger charge is -2.11. The van der Waals surface area contributed by atoms with Crippen LogP contribution in [0.4, 0.5) is 5.82 Å². The minimum atomic E-state index is 0.507. The van der Waals surface area contributed by atoms with Crippen molar-refractivity contribution in [3.8, 4) is 0 Å². The molecule has 0 radical (unpaired) electrons. The van der Waals surface area contributed by atoms with Crippen molar-refractivity contribution in [2.75, 3.05) is 5.73 Å². The van der Waals surface area contributed by atoms with Crippen LogP contribution in [0.2, 0.25) is 0 Å². The zero-order chi connectivity index (χ0) is 18.1. The molecule has 0 saturated carbocycles. The Labute approximate surface area is 153 Å². The van der Waals surface area contributed by atoms with E-state index in [1.54, 1.807) is 0 Å². The highest BCUT2D eigenvalue weighted by Crippen LogP contribution is 2.28. The van der Waals surface area contributed by atoms with Gasteiger partial charge in [0.15, 0.2) is 5.82 Å². The van der Waals surface area contributed by atoms with Crippen molar-refractivity contribution < 1.29 is 0 Å². The number of aromatic nitrogens is 3. The number of benzene rings is 2. The summed E-state index contributed by atoms with van der Waals surface area (Å²) in [6.07, 6.45) is 3.92. The van der Waals surface area contributed by atoms with Crippen LogP contribution in [-0.2, 0) is 19.4 Å². The Morgan fingerprint density at radius 1 is 1.00 bits per heavy atom. The molecule has 4 aromatic rings. The van der Waals surface area contributed by atoms with Crippen LogP contribution >= 0.6 is 0 Å². The van der Waals surface area contributed by atoms with E-state index in [9.17, 15) is 0 Å². The van der Waals surface area contributed by atoms with E-state index < -0.39 is 0 Å². The number of nitrogens with two attached hydrogens (primary N) is 1. The first kappa shape index (κ1) is 16.6. The van der Waals surface area contributed by atoms with Crippen LogP contribution < -0.4 is 5.73 Å². The van der Waals surface area contributed by atoms with Crippen LogP contribution in [0.25, 0.3) is 21.9 Å². The molecule has 2 aromatic carbocycles. The Hall–Kier alpha value is -2.88. The third kappa shape index (κ3) is 3.15. The molecule has 0 bridgehead atoms. The van der Waals surface area contributed by atoms with Gasteiger partial charge < -0.3 is 10.3 Å². The number of imidazole rings is 1. The topological polar surface area (TPSA) is 56.7 Å². The van der Waals surface area contributed by atoms with Gasteiger partial charge in [0.25, 0.3) is 0 Å². The zero-order valence-corrected chi connectivity index (χ0v) is 15.3. The van der Waals surface area contributed by atoms with Crippen LogP contribution in [0.15, 0.2) is 54.9 Å². The molecule has 2 aromatic heterocycles. The highest BCUT2D eigenvalue weighted by molar-refractivity contribution is 6.06. The Morgan fingerprint density at radius 2 is 1.77 bits per heavy atom. The maximum absolute atomic E-state index is 6.15. The van der Waals surface area contributed by atoms with Crippen molar-refractivity contribution in [3.63, 3.8) is 0 Å². The van der Waals surface area contributed by atoms with Crippen LogP contribution in [-0.4, -0.2) is 14.5 Å². The molecular weight excluding hydrogens is 320 g/mol. The van der Waals surface area contributed by atoms with Crippen molar-refractivity contribution >= 4 is 27.8 Å². The first-order chi connectivity index (χ1) is 12.6. The quantitative estimate of drug-likeness (QED) is 0.575. The lowest BCUT2D eigenvalue weighted by atomic mass is 10.0. The molecule has 0 aliphatic heterocycles. The average molecular weight is 344 g/mol. The smallest absolute Gasteiger partial charge is 0.152 e. The second kappa shape index (κ2) is 6.79. The summed E-state index contributed by atoms with van der Waals surface area (Å²) in [5, 5.41) is 1.14. The Balaban J connectivity index is 1.77. The predicted octanol–water partition coefficient (Wildman–Crippen LogP) is 4.61. The molecule has 26 heavy (non-hydrogen) atoms. The summed E-state index contributed by atoms with van der Waals surface area (Å²) in [5.41, 5.74) is 11.7. The molecule has 4 nitrogen and oxygen atoms in total. The summed E-state index contributed by atoms with van der Waals surface area (Å²) in [7, 11) is 0. The van der Waals surface area contributed by atoms with E-state index in [1.807, 2.05) is 6.33 Å². The van der Waals surface area contributed by atoms with Crippen molar-refractivity contribution in [3.05, 3.63) is 66.0 Å². The molecule has 0 unspecified atom stereocenters. The molecule has 0 aliphatic carbocycles. The number of fused-ring (bicyclic) bond motifs is 3. The Morgan fingerprint density at radius 3 is 2.54 bits per heavy atom. The number of hydrogen-bond donors (Lipinski definition) is 1. The Bertz CT molecular complexity index is 1050. The molecule has 0 aliphatic rings. The van der Waals surface area contributed by atoms with Crippen LogP contribution in [0.3, 0.4) is 0 Å². The maximum Gasteiger partial charge on any atom is 0.152 e. The number of nitrogen functional groups attached to an aromatic ring is 1. The Kier molecular flexibility index (Phi) is 4.33. The average Bonchev–Trinajstić information content (AvgIpc) is 3.05. The van der Waals surface area contributed by atoms with Gasteiger partial charge in [0.05, 0.1) is 17.4 Å². The minimum absolute atomic E-state index is 0.507. The zero-order valence-electron chi connectivity index (χ0n) is 15.3. The molecule has 2 heterocycles. The molecule has 0 saturated heterocycles. The molecule has 0 amide bonds. The number of aryl methyl sites for hydroxylation is 2. The highest BCUT2D eigenvalue weighted by atomic mass is 15.1. The van der Waals surface area contributed by atoms with Gasteiger partial charge in [-0.05, 0) is 42.0 Å². The van der Waals surface area contributed by atoms with E-state index in [1.165, 1.54) is 11.1 Å². The van der Waals surface area contributed by atoms with E-state index in [4.69, 9.17) is 5.73 Å². The van der Waals surface area contributed by atoms with Gasteiger partial charge in [-0.3, -0.25) is 0 Å². The maximum atomic E-state index is 6.15. The summed E-state index contributed by atoms with van der Waals surface area (Å²) in [6, 6.07) is 17.1. The highest BCUT2D eigenvalue weighted by Gasteiger charge is 2.13. The fourth-order valence-electron chi connectivity index (χ4n) is 3.53. The van der Waals surface area contributed by atoms with E-state index in [-0.39, 0.29) is 0 Å². The molecule has 2 N–H and O–H groups in total. The van der Waals surface area contributed by atoms with Crippen LogP contribution in [0.5, 0.6) is 0 Å². The van der Waals surface area contributed by atoms with E-state index >= 15 is 0 Å². The second-order valence-electron chi connectivity index (χ2n) is 7.32. The molecule has 132 valence electrons. The van der Waals surface area contributed by atoms with Gasteiger partial charge in [-0.15, -0.1) is 0 Å². The first-order valence-electron chi connectivity index (χ1n) is 9.18. The molecular formula is C22H24N4. The summed E-state index contributed by atoms with van der Waals surface area (Å²) in [4.78, 5) is 9.08. The van der Waals surface area contributed by atoms with Gasteiger partial charge in [-0.25, -0.2) is 9.97 Å². The number of pyridine rings is 1. The van der Waals surface area contributed by atoms with Gasteiger partial charge >= 0.3 is 0 Å². The van der Waals surface area contributed by atoms with Gasteiger partial charge in [-0.1, -0.05) is 50.2 Å². The second-order valence-corrected chi connectivity index (χ2v) is 7.32. The SMILES string of the molecule is CC(C)Cn1cnc2c(N)nc3ccc(CCc4ccccc4)cc3c21. The summed E-state index contributed by atoms with van der Waals surface area (Å²) >= 11 is 0. The third-order valence-electron chi connectivity index (χ3n) is 4.74. The van der Waals surface area contributed by atoms with Gasteiger partial charge in [0.2, 0.25) is 0 Å². The van der Waals surface area contributed by atoms with Gasteiger partial charge in [-0.2, -0.15) is 0 Å². The van der Waals surface area contributed by atoms with E-state index in [2.05, 4.69) is 76.9 Å². The fourth-order valence-corrected chi connectivity index (χ4v) is 3.53. The fraction of sp³-hybridized carbons (Fsp3) is 0.273. The lowest BCUT2D eigenvalue weighted by molar-refractivity contribution is 0.533. The molecule has 4 heteroatoms. The van der Waals surface area contributed by atoms with Crippen LogP contribution in [0.1, 0.15) is 25.0 Å². The number of nitrogens with zero attached hydrogens (tertiary/aromatic N) is 3. The number of rotatable bonds is 5. The third-order valence-corrected chi connectivity index (χ3v) is 4.74. The van der Waals surface area contributed by atoms with Crippen molar-refractivity contribution in [2.24, 2.45) is 5.92 Å². The molecule has 4 rings (SSSR count). The lowest BCUT2D eigenvalue weighted by Crippen LogP contribution is -2.04. The predicted molar refractivity (Wildman–Crippen MR) is 108 cm³/mol. The number of anilines is 1. The van der Waals surface area contributed by atoms with Crippen molar-refractivity contribution in [2.45, 2.75) is 33.2 Å². The van der Waals surface area contributed by atoms with E-state index in [0.29, 0.717) is 11.7 Å². The van der Waals surface area contributed by atoms with Crippen molar-refractivity contribution in [1.82, 2.24) is 14.5 Å². The van der Waals surface area contributed by atoms with Crippen molar-refractivity contribution in [1.29, 1.82) is 0 Å². The standard InChI is InChI=1S/C22H24N4/c1-15(2)13-26-14-24-20-21(26)18-12-17(10-11-19(18)25-22(20)23)9-8-16-6-4-3-5-7-16/h3-7,10-12,14-15H,8-9,13H2,1-2H3,(H2,23,25). The summed E-state index contributed by atoms with van der Waals surface area (Å²) in [5.74, 6) is 1.05. The molecule has 0 fully saturated rings. The number of hydrogen-bond acceptors (Lipinski definition) is 3. The normalized spacial score (nSPS) is 11.7. The molecule has 0 atom stereocenters. The monoisotopic (exact) mass is 344 g/mol. The summed E-state index contributed by atoms with van der Waals surface area (Å²) in [6.45, 7) is 5.34. The van der Waals surface area contributed by atoms with E-state index in [0.717, 1.165) is 41.3 Å². The largest absolute Gasteiger partial charge is 0.382 e. The minimum Gasteiger partial charge on any atom is -0.382 e. The van der Waals surface area contributed by atoms with Crippen LogP contribution in [0, 0.1) is 5.92 Å². The summed E-state index contributed by atoms with van der Waals surface area (Å²) < 4.78 is 2.21.